The molecular formula is C24H33F5O5Si. The normalized spacial score (nSPS) is 29.6. The van der Waals surface area contributed by atoms with Crippen LogP contribution in [-0.4, -0.2) is 44.4 Å². The van der Waals surface area contributed by atoms with E-state index in [2.05, 4.69) is 33.9 Å². The van der Waals surface area contributed by atoms with Gasteiger partial charge < -0.3 is 18.6 Å². The minimum atomic E-state index is -4.69. The molecule has 0 radical (unpaired) electrons. The molecule has 0 N–H and O–H groups in total. The van der Waals surface area contributed by atoms with E-state index in [0.29, 0.717) is 12.8 Å². The molecule has 0 spiro atoms. The van der Waals surface area contributed by atoms with Crippen LogP contribution in [0.3, 0.4) is 0 Å². The molecule has 198 valence electrons. The van der Waals surface area contributed by atoms with Gasteiger partial charge in [-0.2, -0.15) is 17.6 Å². The van der Waals surface area contributed by atoms with Crippen molar-refractivity contribution in [3.63, 3.8) is 0 Å². The highest BCUT2D eigenvalue weighted by atomic mass is 28.4. The molecule has 3 rings (SSSR count). The van der Waals surface area contributed by atoms with E-state index in [1.165, 1.54) is 6.92 Å². The molecule has 5 nitrogen and oxygen atoms in total. The minimum absolute atomic E-state index is 0.0109. The van der Waals surface area contributed by atoms with E-state index in [0.717, 1.165) is 19.1 Å². The summed E-state index contributed by atoms with van der Waals surface area (Å²) in [5.41, 5.74) is -2.52. The van der Waals surface area contributed by atoms with Crippen molar-refractivity contribution in [1.82, 2.24) is 0 Å². The van der Waals surface area contributed by atoms with Gasteiger partial charge in [0.15, 0.2) is 31.6 Å². The molecule has 1 aliphatic carbocycles. The SMILES string of the molecule is CC1CC(C(=O)Oc2ccc(F)c(F)c2OC2CC(O[Si](C)(C)C(C)(C)C)C2)OC1(C)C(F)(F)F. The van der Waals surface area contributed by atoms with Gasteiger partial charge in [-0.1, -0.05) is 27.7 Å². The summed E-state index contributed by atoms with van der Waals surface area (Å²) in [4.78, 5) is 12.6. The highest BCUT2D eigenvalue weighted by Crippen LogP contribution is 2.47. The number of carbonyl (C=O) groups excluding carboxylic acids is 1. The van der Waals surface area contributed by atoms with Gasteiger partial charge in [0.2, 0.25) is 11.6 Å². The lowest BCUT2D eigenvalue weighted by Crippen LogP contribution is -2.50. The van der Waals surface area contributed by atoms with Gasteiger partial charge in [-0.25, -0.2) is 9.18 Å². The van der Waals surface area contributed by atoms with E-state index in [4.69, 9.17) is 18.6 Å². The summed E-state index contributed by atoms with van der Waals surface area (Å²) < 4.78 is 90.8. The Morgan fingerprint density at radius 1 is 1.09 bits per heavy atom. The average molecular weight is 525 g/mol. The lowest BCUT2D eigenvalue weighted by molar-refractivity contribution is -0.273. The molecule has 1 aromatic carbocycles. The van der Waals surface area contributed by atoms with Crippen molar-refractivity contribution in [2.75, 3.05) is 0 Å². The van der Waals surface area contributed by atoms with E-state index in [1.54, 1.807) is 0 Å². The first-order valence-electron chi connectivity index (χ1n) is 11.6. The van der Waals surface area contributed by atoms with Gasteiger partial charge in [-0.05, 0) is 49.5 Å². The molecule has 0 bridgehead atoms. The van der Waals surface area contributed by atoms with Crippen molar-refractivity contribution >= 4 is 14.3 Å². The Hall–Kier alpha value is -1.72. The Balaban J connectivity index is 1.68. The molecule has 1 saturated carbocycles. The van der Waals surface area contributed by atoms with E-state index in [9.17, 15) is 26.7 Å². The van der Waals surface area contributed by atoms with Crippen molar-refractivity contribution in [2.45, 2.75) is 102 Å². The Morgan fingerprint density at radius 2 is 1.69 bits per heavy atom. The summed E-state index contributed by atoms with van der Waals surface area (Å²) in [5, 5.41) is 0.0109. The number of alkyl halides is 3. The van der Waals surface area contributed by atoms with Crippen LogP contribution in [0, 0.1) is 17.6 Å². The lowest BCUT2D eigenvalue weighted by Gasteiger charge is -2.44. The van der Waals surface area contributed by atoms with E-state index < -0.39 is 67.3 Å². The zero-order valence-corrected chi connectivity index (χ0v) is 22.0. The summed E-state index contributed by atoms with van der Waals surface area (Å²) in [7, 11) is -2.01. The number of rotatable bonds is 6. The number of halogens is 5. The molecule has 0 aromatic heterocycles. The van der Waals surface area contributed by atoms with Gasteiger partial charge in [0.1, 0.15) is 6.10 Å². The molecular weight excluding hydrogens is 491 g/mol. The largest absolute Gasteiger partial charge is 0.483 e. The van der Waals surface area contributed by atoms with Crippen LogP contribution in [0.15, 0.2) is 12.1 Å². The van der Waals surface area contributed by atoms with Crippen LogP contribution in [0.4, 0.5) is 22.0 Å². The molecule has 1 saturated heterocycles. The standard InChI is InChI=1S/C24H33F5O5Si/c1-13-10-18(33-23(13,5)24(27,28)29)21(30)32-17-9-8-16(25)19(26)20(17)31-14-11-15(12-14)34-35(6,7)22(2,3)4/h8-9,13-15,18H,10-12H2,1-7H3. The van der Waals surface area contributed by atoms with Gasteiger partial charge in [0.25, 0.3) is 0 Å². The summed E-state index contributed by atoms with van der Waals surface area (Å²) in [5.74, 6) is -5.70. The quantitative estimate of drug-likeness (QED) is 0.183. The minimum Gasteiger partial charge on any atom is -0.483 e. The molecule has 1 aliphatic heterocycles. The van der Waals surface area contributed by atoms with Crippen LogP contribution in [0.1, 0.15) is 53.9 Å². The Labute approximate surface area is 203 Å². The van der Waals surface area contributed by atoms with Crippen molar-refractivity contribution in [1.29, 1.82) is 0 Å². The summed E-state index contributed by atoms with van der Waals surface area (Å²) in [6.07, 6.45) is -6.11. The number of ether oxygens (including phenoxy) is 3. The van der Waals surface area contributed by atoms with Crippen LogP contribution in [0.2, 0.25) is 18.1 Å². The Kier molecular flexibility index (Phi) is 7.40. The van der Waals surface area contributed by atoms with Crippen LogP contribution >= 0.6 is 0 Å². The van der Waals surface area contributed by atoms with Gasteiger partial charge in [-0.15, -0.1) is 0 Å². The van der Waals surface area contributed by atoms with E-state index in [-0.39, 0.29) is 17.6 Å². The van der Waals surface area contributed by atoms with Gasteiger partial charge in [-0.3, -0.25) is 0 Å². The summed E-state index contributed by atoms with van der Waals surface area (Å²) in [6, 6.07) is 1.77. The highest BCUT2D eigenvalue weighted by Gasteiger charge is 2.61. The summed E-state index contributed by atoms with van der Waals surface area (Å²) >= 11 is 0. The monoisotopic (exact) mass is 524 g/mol. The van der Waals surface area contributed by atoms with Crippen molar-refractivity contribution in [3.05, 3.63) is 23.8 Å². The van der Waals surface area contributed by atoms with E-state index in [1.807, 2.05) is 0 Å². The third kappa shape index (κ3) is 5.51. The molecule has 2 fully saturated rings. The lowest BCUT2D eigenvalue weighted by atomic mass is 9.89. The average Bonchev–Trinajstić information content (AvgIpc) is 3.00. The fraction of sp³-hybridized carbons (Fsp3) is 0.708. The zero-order valence-electron chi connectivity index (χ0n) is 21.0. The first-order chi connectivity index (χ1) is 15.9. The fourth-order valence-electron chi connectivity index (χ4n) is 3.84. The second kappa shape index (κ2) is 9.30. The van der Waals surface area contributed by atoms with Crippen LogP contribution in [-0.2, 0) is 14.0 Å². The third-order valence-corrected chi connectivity index (χ3v) is 12.1. The molecule has 3 atom stereocenters. The maximum Gasteiger partial charge on any atom is 0.417 e. The molecule has 1 aromatic rings. The van der Waals surface area contributed by atoms with Crippen molar-refractivity contribution < 1.29 is 45.4 Å². The van der Waals surface area contributed by atoms with Crippen LogP contribution < -0.4 is 9.47 Å². The first-order valence-corrected chi connectivity index (χ1v) is 14.5. The number of carbonyl (C=O) groups is 1. The van der Waals surface area contributed by atoms with Crippen LogP contribution in [0.5, 0.6) is 11.5 Å². The Morgan fingerprint density at radius 3 is 2.20 bits per heavy atom. The highest BCUT2D eigenvalue weighted by molar-refractivity contribution is 6.74. The van der Waals surface area contributed by atoms with Crippen molar-refractivity contribution in [2.24, 2.45) is 5.92 Å². The molecule has 3 unspecified atom stereocenters. The summed E-state index contributed by atoms with van der Waals surface area (Å²) in [6.45, 7) is 12.8. The predicted molar refractivity (Wildman–Crippen MR) is 121 cm³/mol. The fourth-order valence-corrected chi connectivity index (χ4v) is 5.22. The van der Waals surface area contributed by atoms with E-state index >= 15 is 0 Å². The topological polar surface area (TPSA) is 54.0 Å². The van der Waals surface area contributed by atoms with Crippen LogP contribution in [0.25, 0.3) is 0 Å². The number of hydrogen-bond donors (Lipinski definition) is 0. The van der Waals surface area contributed by atoms with Crippen molar-refractivity contribution in [3.8, 4) is 11.5 Å². The second-order valence-electron chi connectivity index (χ2n) is 11.2. The van der Waals surface area contributed by atoms with Gasteiger partial charge in [0.05, 0.1) is 6.10 Å². The molecule has 1 heterocycles. The molecule has 35 heavy (non-hydrogen) atoms. The molecule has 11 heteroatoms. The Bertz CT molecular complexity index is 955. The molecule has 0 amide bonds. The third-order valence-electron chi connectivity index (χ3n) is 7.55. The second-order valence-corrected chi connectivity index (χ2v) is 15.9. The maximum absolute atomic E-state index is 14.6. The van der Waals surface area contributed by atoms with Gasteiger partial charge >= 0.3 is 12.1 Å². The smallest absolute Gasteiger partial charge is 0.417 e. The predicted octanol–water partition coefficient (Wildman–Crippen LogP) is 6.55. The zero-order chi connectivity index (χ0) is 26.6. The maximum atomic E-state index is 14.6. The first kappa shape index (κ1) is 27.9. The number of esters is 1. The number of benzene rings is 1. The van der Waals surface area contributed by atoms with Gasteiger partial charge in [0, 0.05) is 12.8 Å². The number of hydrogen-bond acceptors (Lipinski definition) is 5. The molecule has 2 aliphatic rings.